The van der Waals surface area contributed by atoms with E-state index in [2.05, 4.69) is 17.3 Å². The molecule has 1 saturated carbocycles. The van der Waals surface area contributed by atoms with Crippen molar-refractivity contribution in [2.75, 3.05) is 6.54 Å². The topological polar surface area (TPSA) is 72.9 Å². The van der Waals surface area contributed by atoms with E-state index in [1.54, 1.807) is 0 Å². The van der Waals surface area contributed by atoms with Gasteiger partial charge >= 0.3 is 0 Å². The smallest absolute Gasteiger partial charge is 0.220 e. The number of amides is 1. The molecule has 24 heavy (non-hydrogen) atoms. The summed E-state index contributed by atoms with van der Waals surface area (Å²) < 4.78 is 1.88. The number of aromatic nitrogens is 2. The third kappa shape index (κ3) is 5.94. The highest BCUT2D eigenvalue weighted by atomic mass is 35.5. The monoisotopic (exact) mass is 378 g/mol. The second-order valence-corrected chi connectivity index (χ2v) is 6.58. The number of nitrogens with two attached hydrogens (primary N) is 1. The maximum absolute atomic E-state index is 12.3. The number of hydrogen-bond acceptors (Lipinski definition) is 3. The van der Waals surface area contributed by atoms with E-state index < -0.39 is 0 Å². The quantitative estimate of drug-likeness (QED) is 0.798. The predicted molar refractivity (Wildman–Crippen MR) is 103 cm³/mol. The first kappa shape index (κ1) is 23.2. The Bertz CT molecular complexity index is 513. The Morgan fingerprint density at radius 3 is 2.42 bits per heavy atom. The fourth-order valence-corrected chi connectivity index (χ4v) is 3.60. The Morgan fingerprint density at radius 2 is 1.92 bits per heavy atom. The summed E-state index contributed by atoms with van der Waals surface area (Å²) in [5.74, 6) is 0.674. The first-order valence-electron chi connectivity index (χ1n) is 8.51. The fraction of sp³-hybridized carbons (Fsp3) is 0.765. The van der Waals surface area contributed by atoms with Crippen LogP contribution in [0.5, 0.6) is 0 Å². The van der Waals surface area contributed by atoms with Crippen molar-refractivity contribution in [1.82, 2.24) is 15.1 Å². The van der Waals surface area contributed by atoms with Crippen LogP contribution in [-0.2, 0) is 18.3 Å². The molecule has 1 aliphatic rings. The highest BCUT2D eigenvalue weighted by Gasteiger charge is 2.24. The van der Waals surface area contributed by atoms with E-state index >= 15 is 0 Å². The van der Waals surface area contributed by atoms with Gasteiger partial charge < -0.3 is 11.1 Å². The van der Waals surface area contributed by atoms with Crippen LogP contribution >= 0.6 is 24.8 Å². The molecule has 1 aliphatic carbocycles. The Labute approximate surface area is 157 Å². The number of halogens is 2. The lowest BCUT2D eigenvalue weighted by Gasteiger charge is -2.30. The molecule has 0 radical (unpaired) electrons. The minimum Gasteiger partial charge on any atom is -0.352 e. The largest absolute Gasteiger partial charge is 0.352 e. The average Bonchev–Trinajstić information content (AvgIpc) is 2.76. The van der Waals surface area contributed by atoms with Gasteiger partial charge in [0.15, 0.2) is 0 Å². The lowest BCUT2D eigenvalue weighted by molar-refractivity contribution is -0.122. The number of nitrogens with zero attached hydrogens (tertiary/aromatic N) is 2. The standard InChI is InChI=1S/C17H30N4O.2ClH/c1-12-15(13(2)21(3)20-12)9-10-17(22)19-16(11-18)14-7-5-4-6-8-14;;/h14,16H,4-11,18H2,1-3H3,(H,19,22);2*1H. The van der Waals surface area contributed by atoms with Crippen LogP contribution in [-0.4, -0.2) is 28.3 Å². The molecule has 0 aromatic carbocycles. The molecule has 7 heteroatoms. The zero-order chi connectivity index (χ0) is 16.1. The predicted octanol–water partition coefficient (Wildman–Crippen LogP) is 2.84. The van der Waals surface area contributed by atoms with Gasteiger partial charge in [0.05, 0.1) is 5.69 Å². The molecule has 1 heterocycles. The van der Waals surface area contributed by atoms with Crippen LogP contribution in [0.25, 0.3) is 0 Å². The van der Waals surface area contributed by atoms with Crippen molar-refractivity contribution in [1.29, 1.82) is 0 Å². The van der Waals surface area contributed by atoms with Crippen LogP contribution in [0.1, 0.15) is 55.5 Å². The molecule has 0 aliphatic heterocycles. The molecule has 3 N–H and O–H groups in total. The van der Waals surface area contributed by atoms with Gasteiger partial charge in [-0.05, 0) is 44.6 Å². The second-order valence-electron chi connectivity index (χ2n) is 6.58. The molecule has 1 aromatic heterocycles. The van der Waals surface area contributed by atoms with E-state index in [1.165, 1.54) is 37.7 Å². The number of hydrogen-bond donors (Lipinski definition) is 2. The highest BCUT2D eigenvalue weighted by molar-refractivity contribution is 5.85. The van der Waals surface area contributed by atoms with Gasteiger partial charge in [0.1, 0.15) is 0 Å². The molecule has 2 rings (SSSR count). The third-order valence-electron chi connectivity index (χ3n) is 5.08. The number of nitrogens with one attached hydrogen (secondary N) is 1. The van der Waals surface area contributed by atoms with Crippen LogP contribution < -0.4 is 11.1 Å². The Kier molecular flexibility index (Phi) is 10.6. The summed E-state index contributed by atoms with van der Waals surface area (Å²) in [6, 6.07) is 0.142. The molecule has 5 nitrogen and oxygen atoms in total. The van der Waals surface area contributed by atoms with Crippen molar-refractivity contribution < 1.29 is 4.79 Å². The van der Waals surface area contributed by atoms with Gasteiger partial charge in [-0.3, -0.25) is 9.48 Å². The van der Waals surface area contributed by atoms with Crippen molar-refractivity contribution in [3.63, 3.8) is 0 Å². The van der Waals surface area contributed by atoms with Crippen molar-refractivity contribution in [2.45, 2.75) is 64.8 Å². The van der Waals surface area contributed by atoms with Crippen molar-refractivity contribution >= 4 is 30.7 Å². The van der Waals surface area contributed by atoms with Crippen molar-refractivity contribution in [2.24, 2.45) is 18.7 Å². The molecule has 1 atom stereocenters. The molecule has 0 spiro atoms. The second kappa shape index (κ2) is 11.0. The van der Waals surface area contributed by atoms with Gasteiger partial charge in [0.2, 0.25) is 5.91 Å². The van der Waals surface area contributed by atoms with Gasteiger partial charge in [-0.25, -0.2) is 0 Å². The van der Waals surface area contributed by atoms with E-state index in [9.17, 15) is 4.79 Å². The lowest BCUT2D eigenvalue weighted by atomic mass is 9.84. The molecular weight excluding hydrogens is 347 g/mol. The number of aryl methyl sites for hydroxylation is 2. The average molecular weight is 379 g/mol. The molecule has 0 bridgehead atoms. The Hall–Kier alpha value is -0.780. The van der Waals surface area contributed by atoms with Crippen LogP contribution in [0.15, 0.2) is 0 Å². The van der Waals surface area contributed by atoms with Gasteiger partial charge in [0.25, 0.3) is 0 Å². The maximum Gasteiger partial charge on any atom is 0.220 e. The minimum atomic E-state index is 0. The van der Waals surface area contributed by atoms with Crippen LogP contribution in [0.3, 0.4) is 0 Å². The third-order valence-corrected chi connectivity index (χ3v) is 5.08. The van der Waals surface area contributed by atoms with Crippen LogP contribution in [0.4, 0.5) is 0 Å². The van der Waals surface area contributed by atoms with Crippen molar-refractivity contribution in [3.8, 4) is 0 Å². The summed E-state index contributed by atoms with van der Waals surface area (Å²) in [5.41, 5.74) is 9.25. The Morgan fingerprint density at radius 1 is 1.29 bits per heavy atom. The SMILES string of the molecule is Cc1nn(C)c(C)c1CCC(=O)NC(CN)C1CCCCC1.Cl.Cl. The fourth-order valence-electron chi connectivity index (χ4n) is 3.60. The van der Waals surface area contributed by atoms with Gasteiger partial charge in [-0.15, -0.1) is 24.8 Å². The summed E-state index contributed by atoms with van der Waals surface area (Å²) in [6.07, 6.45) is 7.51. The molecule has 1 unspecified atom stereocenters. The minimum absolute atomic E-state index is 0. The van der Waals surface area contributed by atoms with E-state index in [0.717, 1.165) is 17.8 Å². The van der Waals surface area contributed by atoms with Gasteiger partial charge in [0, 0.05) is 31.7 Å². The van der Waals surface area contributed by atoms with E-state index in [4.69, 9.17) is 5.73 Å². The molecule has 1 amide bonds. The summed E-state index contributed by atoms with van der Waals surface area (Å²) in [6.45, 7) is 4.60. The van der Waals surface area contributed by atoms with Gasteiger partial charge in [-0.2, -0.15) is 5.10 Å². The zero-order valence-corrected chi connectivity index (χ0v) is 16.6. The molecule has 1 fully saturated rings. The lowest BCUT2D eigenvalue weighted by Crippen LogP contribution is -2.46. The molecule has 1 aromatic rings. The zero-order valence-electron chi connectivity index (χ0n) is 15.0. The highest BCUT2D eigenvalue weighted by Crippen LogP contribution is 2.26. The van der Waals surface area contributed by atoms with E-state index in [-0.39, 0.29) is 36.8 Å². The summed E-state index contributed by atoms with van der Waals surface area (Å²) in [4.78, 5) is 12.3. The number of carbonyl (C=O) groups excluding carboxylic acids is 1. The molecule has 140 valence electrons. The maximum atomic E-state index is 12.3. The molecule has 0 saturated heterocycles. The van der Waals surface area contributed by atoms with E-state index in [0.29, 0.717) is 18.9 Å². The van der Waals surface area contributed by atoms with Crippen molar-refractivity contribution in [3.05, 3.63) is 17.0 Å². The van der Waals surface area contributed by atoms with E-state index in [1.807, 2.05) is 18.7 Å². The Balaban J connectivity index is 0.00000264. The van der Waals surface area contributed by atoms with Crippen LogP contribution in [0.2, 0.25) is 0 Å². The molecular formula is C17H32Cl2N4O. The summed E-state index contributed by atoms with van der Waals surface area (Å²) in [5, 5.41) is 7.57. The van der Waals surface area contributed by atoms with Crippen LogP contribution in [0, 0.1) is 19.8 Å². The number of rotatable bonds is 6. The summed E-state index contributed by atoms with van der Waals surface area (Å²) >= 11 is 0. The first-order chi connectivity index (χ1) is 10.5. The first-order valence-corrected chi connectivity index (χ1v) is 8.51. The number of carbonyl (C=O) groups is 1. The van der Waals surface area contributed by atoms with Gasteiger partial charge in [-0.1, -0.05) is 19.3 Å². The summed E-state index contributed by atoms with van der Waals surface area (Å²) in [7, 11) is 1.94. The normalized spacial score (nSPS) is 16.0.